The molecule has 8 heteroatoms. The molecule has 2 aromatic carbocycles. The van der Waals surface area contributed by atoms with Gasteiger partial charge in [0.05, 0.1) is 4.90 Å². The Balaban J connectivity index is 1.80. The van der Waals surface area contributed by atoms with Crippen molar-refractivity contribution in [3.05, 3.63) is 83.3 Å². The fraction of sp³-hybridized carbons (Fsp3) is 0.100. The molecule has 0 fully saturated rings. The number of amides is 1. The average molecular weight is 399 g/mol. The van der Waals surface area contributed by atoms with E-state index in [9.17, 15) is 17.6 Å². The van der Waals surface area contributed by atoms with Gasteiger partial charge in [-0.3, -0.25) is 9.52 Å². The number of hydrogen-bond donors (Lipinski definition) is 2. The van der Waals surface area contributed by atoms with Gasteiger partial charge < -0.3 is 5.32 Å². The summed E-state index contributed by atoms with van der Waals surface area (Å²) < 4.78 is 41.0. The van der Waals surface area contributed by atoms with E-state index in [0.717, 1.165) is 11.8 Å². The Morgan fingerprint density at radius 1 is 1.00 bits per heavy atom. The van der Waals surface area contributed by atoms with Crippen LogP contribution in [0.3, 0.4) is 0 Å². The molecule has 0 aliphatic heterocycles. The molecule has 0 aliphatic rings. The second kappa shape index (κ2) is 7.77. The van der Waals surface area contributed by atoms with Gasteiger partial charge in [-0.05, 0) is 61.9 Å². The van der Waals surface area contributed by atoms with Crippen molar-refractivity contribution in [2.45, 2.75) is 18.7 Å². The van der Waals surface area contributed by atoms with Crippen LogP contribution in [0.4, 0.5) is 15.9 Å². The zero-order valence-corrected chi connectivity index (χ0v) is 16.0. The van der Waals surface area contributed by atoms with Gasteiger partial charge in [0.25, 0.3) is 15.9 Å². The van der Waals surface area contributed by atoms with E-state index in [0.29, 0.717) is 11.4 Å². The molecule has 3 aromatic rings. The fourth-order valence-electron chi connectivity index (χ4n) is 2.48. The highest BCUT2D eigenvalue weighted by atomic mass is 32.2. The fourth-order valence-corrected chi connectivity index (χ4v) is 3.54. The predicted molar refractivity (Wildman–Crippen MR) is 105 cm³/mol. The highest BCUT2D eigenvalue weighted by molar-refractivity contribution is 7.92. The lowest BCUT2D eigenvalue weighted by Gasteiger charge is -2.10. The van der Waals surface area contributed by atoms with Gasteiger partial charge >= 0.3 is 0 Å². The summed E-state index contributed by atoms with van der Waals surface area (Å²) in [5, 5.41) is 2.66. The van der Waals surface area contributed by atoms with Gasteiger partial charge in [0.15, 0.2) is 0 Å². The first-order chi connectivity index (χ1) is 13.2. The van der Waals surface area contributed by atoms with Crippen LogP contribution in [0.5, 0.6) is 0 Å². The Kier molecular flexibility index (Phi) is 5.41. The van der Waals surface area contributed by atoms with Gasteiger partial charge in [0.1, 0.15) is 11.6 Å². The van der Waals surface area contributed by atoms with Gasteiger partial charge in [0.2, 0.25) is 0 Å². The van der Waals surface area contributed by atoms with Crippen molar-refractivity contribution in [1.82, 2.24) is 4.98 Å². The van der Waals surface area contributed by atoms with Crippen LogP contribution in [0.15, 0.2) is 65.6 Å². The van der Waals surface area contributed by atoms with Gasteiger partial charge in [-0.25, -0.2) is 17.8 Å². The van der Waals surface area contributed by atoms with E-state index in [-0.39, 0.29) is 16.1 Å². The smallest absolute Gasteiger partial charge is 0.261 e. The molecule has 3 rings (SSSR count). The molecule has 0 atom stereocenters. The van der Waals surface area contributed by atoms with Crippen molar-refractivity contribution < 1.29 is 17.6 Å². The van der Waals surface area contributed by atoms with Crippen LogP contribution in [0.1, 0.15) is 21.6 Å². The standard InChI is InChI=1S/C20H18FN3O3S/c1-13-9-10-17(12-18(13)21)28(26,27)24-16-7-4-6-15(11-16)20(25)23-19-8-3-5-14(2)22-19/h3-12,24H,1-2H3,(H,22,23,25). The minimum Gasteiger partial charge on any atom is -0.307 e. The Morgan fingerprint density at radius 2 is 1.75 bits per heavy atom. The number of halogens is 1. The number of rotatable bonds is 5. The third-order valence-corrected chi connectivity index (χ3v) is 5.34. The van der Waals surface area contributed by atoms with Gasteiger partial charge in [-0.2, -0.15) is 0 Å². The number of nitrogens with zero attached hydrogens (tertiary/aromatic N) is 1. The van der Waals surface area contributed by atoms with Crippen molar-refractivity contribution in [3.63, 3.8) is 0 Å². The molecular weight excluding hydrogens is 381 g/mol. The van der Waals surface area contributed by atoms with Crippen LogP contribution in [0.2, 0.25) is 0 Å². The summed E-state index contributed by atoms with van der Waals surface area (Å²) in [6, 6.07) is 14.9. The van der Waals surface area contributed by atoms with Crippen LogP contribution >= 0.6 is 0 Å². The molecule has 0 saturated heterocycles. The van der Waals surface area contributed by atoms with Crippen molar-refractivity contribution in [2.75, 3.05) is 10.0 Å². The molecule has 0 radical (unpaired) electrons. The Hall–Kier alpha value is -3.26. The Labute approximate surface area is 162 Å². The van der Waals surface area contributed by atoms with Crippen LogP contribution in [-0.4, -0.2) is 19.3 Å². The monoisotopic (exact) mass is 399 g/mol. The highest BCUT2D eigenvalue weighted by Crippen LogP contribution is 2.20. The van der Waals surface area contributed by atoms with Crippen molar-refractivity contribution in [1.29, 1.82) is 0 Å². The number of hydrogen-bond acceptors (Lipinski definition) is 4. The summed E-state index contributed by atoms with van der Waals surface area (Å²) >= 11 is 0. The first-order valence-electron chi connectivity index (χ1n) is 8.39. The zero-order valence-electron chi connectivity index (χ0n) is 15.2. The molecule has 1 heterocycles. The van der Waals surface area contributed by atoms with E-state index in [4.69, 9.17) is 0 Å². The second-order valence-electron chi connectivity index (χ2n) is 6.22. The number of pyridine rings is 1. The predicted octanol–water partition coefficient (Wildman–Crippen LogP) is 3.89. The molecule has 2 N–H and O–H groups in total. The van der Waals surface area contributed by atoms with Crippen LogP contribution in [0, 0.1) is 19.7 Å². The lowest BCUT2D eigenvalue weighted by molar-refractivity contribution is 0.102. The third kappa shape index (κ3) is 4.52. The molecule has 1 aromatic heterocycles. The quantitative estimate of drug-likeness (QED) is 0.681. The van der Waals surface area contributed by atoms with Crippen molar-refractivity contribution in [2.24, 2.45) is 0 Å². The SMILES string of the molecule is Cc1cccc(NC(=O)c2cccc(NS(=O)(=O)c3ccc(C)c(F)c3)c2)n1. The molecular formula is C20H18FN3O3S. The number of aryl methyl sites for hydroxylation is 2. The van der Waals surface area contributed by atoms with E-state index in [1.807, 2.05) is 0 Å². The minimum atomic E-state index is -3.99. The van der Waals surface area contributed by atoms with Gasteiger partial charge in [-0.1, -0.05) is 18.2 Å². The lowest BCUT2D eigenvalue weighted by atomic mass is 10.2. The molecule has 1 amide bonds. The van der Waals surface area contributed by atoms with Gasteiger partial charge in [-0.15, -0.1) is 0 Å². The number of carbonyl (C=O) groups is 1. The molecule has 0 bridgehead atoms. The zero-order chi connectivity index (χ0) is 20.3. The maximum Gasteiger partial charge on any atom is 0.261 e. The highest BCUT2D eigenvalue weighted by Gasteiger charge is 2.17. The molecule has 6 nitrogen and oxygen atoms in total. The average Bonchev–Trinajstić information content (AvgIpc) is 2.63. The van der Waals surface area contributed by atoms with E-state index in [2.05, 4.69) is 15.0 Å². The Morgan fingerprint density at radius 3 is 2.46 bits per heavy atom. The van der Waals surface area contributed by atoms with Crippen LogP contribution in [-0.2, 0) is 10.0 Å². The van der Waals surface area contributed by atoms with E-state index in [1.54, 1.807) is 44.2 Å². The van der Waals surface area contributed by atoms with E-state index in [1.165, 1.54) is 24.3 Å². The molecule has 0 aliphatic carbocycles. The summed E-state index contributed by atoms with van der Waals surface area (Å²) in [6.45, 7) is 3.35. The third-order valence-electron chi connectivity index (χ3n) is 3.96. The number of nitrogens with one attached hydrogen (secondary N) is 2. The van der Waals surface area contributed by atoms with Crippen molar-refractivity contribution >= 4 is 27.4 Å². The number of sulfonamides is 1. The lowest BCUT2D eigenvalue weighted by Crippen LogP contribution is -2.16. The van der Waals surface area contributed by atoms with Crippen LogP contribution < -0.4 is 10.0 Å². The van der Waals surface area contributed by atoms with E-state index >= 15 is 0 Å². The first kappa shape index (κ1) is 19.5. The Bertz CT molecular complexity index is 1150. The number of anilines is 2. The van der Waals surface area contributed by atoms with E-state index < -0.39 is 21.7 Å². The number of benzene rings is 2. The molecule has 28 heavy (non-hydrogen) atoms. The number of carbonyl (C=O) groups excluding carboxylic acids is 1. The molecule has 0 saturated carbocycles. The normalized spacial score (nSPS) is 11.1. The molecule has 144 valence electrons. The molecule has 0 spiro atoms. The summed E-state index contributed by atoms with van der Waals surface area (Å²) in [6.07, 6.45) is 0. The van der Waals surface area contributed by atoms with Crippen LogP contribution in [0.25, 0.3) is 0 Å². The second-order valence-corrected chi connectivity index (χ2v) is 7.90. The largest absolute Gasteiger partial charge is 0.307 e. The maximum absolute atomic E-state index is 13.7. The summed E-state index contributed by atoms with van der Waals surface area (Å²) in [5.41, 5.74) is 1.54. The summed E-state index contributed by atoms with van der Waals surface area (Å²) in [5.74, 6) is -0.645. The molecule has 0 unspecified atom stereocenters. The summed E-state index contributed by atoms with van der Waals surface area (Å²) in [7, 11) is -3.99. The maximum atomic E-state index is 13.7. The van der Waals surface area contributed by atoms with Gasteiger partial charge in [0, 0.05) is 16.9 Å². The summed E-state index contributed by atoms with van der Waals surface area (Å²) in [4.78, 5) is 16.4. The topological polar surface area (TPSA) is 88.2 Å². The van der Waals surface area contributed by atoms with Crippen molar-refractivity contribution in [3.8, 4) is 0 Å². The first-order valence-corrected chi connectivity index (χ1v) is 9.87. The minimum absolute atomic E-state index is 0.186. The number of aromatic nitrogens is 1.